The van der Waals surface area contributed by atoms with Crippen LogP contribution in [-0.2, 0) is 16.0 Å². The standard InChI is InChI=1S/C23H37N5O2/c1-19(17-27-10-12-30-13-11-27)15-25-23(24-2)26-16-21-14-22(29)28(18-21)9-8-20-6-4-3-5-7-20/h3-7,19,21H,8-18H2,1-2H3,(H2,24,25,26). The average Bonchev–Trinajstić information content (AvgIpc) is 3.13. The van der Waals surface area contributed by atoms with Crippen molar-refractivity contribution < 1.29 is 9.53 Å². The van der Waals surface area contributed by atoms with Crippen LogP contribution in [-0.4, -0.2) is 87.7 Å². The Morgan fingerprint density at radius 3 is 2.73 bits per heavy atom. The fourth-order valence-corrected chi connectivity index (χ4v) is 4.14. The molecule has 2 aliphatic rings. The highest BCUT2D eigenvalue weighted by Crippen LogP contribution is 2.17. The number of guanidine groups is 1. The Kier molecular flexibility index (Phi) is 8.96. The van der Waals surface area contributed by atoms with E-state index < -0.39 is 0 Å². The van der Waals surface area contributed by atoms with Gasteiger partial charge in [0, 0.05) is 65.2 Å². The Morgan fingerprint density at radius 2 is 2.00 bits per heavy atom. The Hall–Kier alpha value is -2.12. The molecule has 2 fully saturated rings. The minimum atomic E-state index is 0.264. The zero-order chi connectivity index (χ0) is 21.2. The van der Waals surface area contributed by atoms with Gasteiger partial charge in [0.15, 0.2) is 5.96 Å². The summed E-state index contributed by atoms with van der Waals surface area (Å²) in [6.07, 6.45) is 1.53. The maximum atomic E-state index is 12.4. The molecule has 2 atom stereocenters. The number of nitrogens with zero attached hydrogens (tertiary/aromatic N) is 3. The highest BCUT2D eigenvalue weighted by Gasteiger charge is 2.29. The second-order valence-electron chi connectivity index (χ2n) is 8.50. The van der Waals surface area contributed by atoms with Crippen LogP contribution >= 0.6 is 0 Å². The monoisotopic (exact) mass is 415 g/mol. The van der Waals surface area contributed by atoms with E-state index >= 15 is 0 Å². The van der Waals surface area contributed by atoms with Crippen molar-refractivity contribution in [2.75, 3.05) is 66.1 Å². The van der Waals surface area contributed by atoms with E-state index in [0.717, 1.165) is 71.4 Å². The molecule has 2 aliphatic heterocycles. The SMILES string of the molecule is CN=C(NCC(C)CN1CCOCC1)NCC1CC(=O)N(CCc2ccccc2)C1. The van der Waals surface area contributed by atoms with Crippen LogP contribution in [0, 0.1) is 11.8 Å². The molecule has 0 bridgehead atoms. The lowest BCUT2D eigenvalue weighted by atomic mass is 10.1. The molecule has 2 N–H and O–H groups in total. The summed E-state index contributed by atoms with van der Waals surface area (Å²) in [5.74, 6) is 1.94. The predicted molar refractivity (Wildman–Crippen MR) is 121 cm³/mol. The molecule has 0 aromatic heterocycles. The van der Waals surface area contributed by atoms with Gasteiger partial charge < -0.3 is 20.3 Å². The van der Waals surface area contributed by atoms with Gasteiger partial charge in [0.2, 0.25) is 5.91 Å². The van der Waals surface area contributed by atoms with Gasteiger partial charge in [0.1, 0.15) is 0 Å². The summed E-state index contributed by atoms with van der Waals surface area (Å²) in [6.45, 7) is 10.3. The first kappa shape index (κ1) is 22.6. The molecule has 2 heterocycles. The van der Waals surface area contributed by atoms with Crippen LogP contribution in [0.25, 0.3) is 0 Å². The van der Waals surface area contributed by atoms with E-state index in [2.05, 4.69) is 39.6 Å². The number of likely N-dealkylation sites (tertiary alicyclic amines) is 1. The zero-order valence-corrected chi connectivity index (χ0v) is 18.5. The fourth-order valence-electron chi connectivity index (χ4n) is 4.14. The van der Waals surface area contributed by atoms with Gasteiger partial charge in [-0.15, -0.1) is 0 Å². The summed E-state index contributed by atoms with van der Waals surface area (Å²) in [5.41, 5.74) is 1.28. The van der Waals surface area contributed by atoms with Crippen LogP contribution in [0.1, 0.15) is 18.9 Å². The van der Waals surface area contributed by atoms with Crippen LogP contribution in [0.15, 0.2) is 35.3 Å². The van der Waals surface area contributed by atoms with Crippen LogP contribution in [0.4, 0.5) is 0 Å². The van der Waals surface area contributed by atoms with Crippen LogP contribution in [0.3, 0.4) is 0 Å². The van der Waals surface area contributed by atoms with Crippen molar-refractivity contribution in [2.24, 2.45) is 16.8 Å². The number of amides is 1. The van der Waals surface area contributed by atoms with Crippen molar-refractivity contribution in [3.05, 3.63) is 35.9 Å². The fraction of sp³-hybridized carbons (Fsp3) is 0.652. The van der Waals surface area contributed by atoms with Crippen LogP contribution < -0.4 is 10.6 Å². The summed E-state index contributed by atoms with van der Waals surface area (Å²) < 4.78 is 5.42. The quantitative estimate of drug-likeness (QED) is 0.469. The number of benzene rings is 1. The van der Waals surface area contributed by atoms with Gasteiger partial charge in [-0.2, -0.15) is 0 Å². The molecule has 0 spiro atoms. The molecule has 1 amide bonds. The Labute approximate surface area is 180 Å². The first-order valence-corrected chi connectivity index (χ1v) is 11.2. The predicted octanol–water partition coefficient (Wildman–Crippen LogP) is 1.21. The van der Waals surface area contributed by atoms with Crippen LogP contribution in [0.2, 0.25) is 0 Å². The third-order valence-corrected chi connectivity index (χ3v) is 5.88. The summed E-state index contributed by atoms with van der Waals surface area (Å²) in [5, 5.41) is 6.85. The van der Waals surface area contributed by atoms with Gasteiger partial charge in [0.25, 0.3) is 0 Å². The lowest BCUT2D eigenvalue weighted by Crippen LogP contribution is -2.45. The maximum Gasteiger partial charge on any atom is 0.223 e. The molecule has 166 valence electrons. The maximum absolute atomic E-state index is 12.4. The summed E-state index contributed by atoms with van der Waals surface area (Å²) in [4.78, 5) is 21.2. The van der Waals surface area contributed by atoms with Crippen LogP contribution in [0.5, 0.6) is 0 Å². The Morgan fingerprint density at radius 1 is 1.23 bits per heavy atom. The number of rotatable bonds is 9. The molecule has 1 aromatic rings. The topological polar surface area (TPSA) is 69.2 Å². The third-order valence-electron chi connectivity index (χ3n) is 5.88. The third kappa shape index (κ3) is 7.29. The van der Waals surface area contributed by atoms with Gasteiger partial charge >= 0.3 is 0 Å². The molecule has 2 unspecified atom stereocenters. The van der Waals surface area contributed by atoms with Gasteiger partial charge in [-0.3, -0.25) is 14.7 Å². The Balaban J connectivity index is 1.33. The molecule has 2 saturated heterocycles. The normalized spacial score (nSPS) is 21.7. The molecular formula is C23H37N5O2. The number of morpholine rings is 1. The highest BCUT2D eigenvalue weighted by molar-refractivity contribution is 5.80. The van der Waals surface area contributed by atoms with Gasteiger partial charge in [-0.25, -0.2) is 0 Å². The van der Waals surface area contributed by atoms with Crippen molar-refractivity contribution >= 4 is 11.9 Å². The molecule has 7 heteroatoms. The summed E-state index contributed by atoms with van der Waals surface area (Å²) in [7, 11) is 1.80. The van der Waals surface area contributed by atoms with Crippen molar-refractivity contribution in [3.63, 3.8) is 0 Å². The number of nitrogens with one attached hydrogen (secondary N) is 2. The van der Waals surface area contributed by atoms with E-state index in [-0.39, 0.29) is 5.91 Å². The first-order valence-electron chi connectivity index (χ1n) is 11.2. The van der Waals surface area contributed by atoms with E-state index in [0.29, 0.717) is 18.3 Å². The molecule has 0 aliphatic carbocycles. The minimum Gasteiger partial charge on any atom is -0.379 e. The second kappa shape index (κ2) is 11.9. The second-order valence-corrected chi connectivity index (χ2v) is 8.50. The minimum absolute atomic E-state index is 0.264. The molecular weight excluding hydrogens is 378 g/mol. The van der Waals surface area contributed by atoms with Crippen molar-refractivity contribution in [3.8, 4) is 0 Å². The Bertz CT molecular complexity index is 675. The average molecular weight is 416 g/mol. The molecule has 30 heavy (non-hydrogen) atoms. The highest BCUT2D eigenvalue weighted by atomic mass is 16.5. The smallest absolute Gasteiger partial charge is 0.223 e. The number of carbonyl (C=O) groups is 1. The van der Waals surface area contributed by atoms with Gasteiger partial charge in [-0.1, -0.05) is 37.3 Å². The van der Waals surface area contributed by atoms with Crippen molar-refractivity contribution in [1.29, 1.82) is 0 Å². The van der Waals surface area contributed by atoms with Crippen molar-refractivity contribution in [2.45, 2.75) is 19.8 Å². The van der Waals surface area contributed by atoms with Gasteiger partial charge in [0.05, 0.1) is 13.2 Å². The number of carbonyl (C=O) groups excluding carboxylic acids is 1. The number of ether oxygens (including phenoxy) is 1. The van der Waals surface area contributed by atoms with E-state index in [9.17, 15) is 4.79 Å². The lowest BCUT2D eigenvalue weighted by molar-refractivity contribution is -0.127. The molecule has 1 aromatic carbocycles. The number of aliphatic imine (C=N–C) groups is 1. The van der Waals surface area contributed by atoms with E-state index in [1.165, 1.54) is 5.56 Å². The molecule has 0 saturated carbocycles. The summed E-state index contributed by atoms with van der Waals surface area (Å²) in [6, 6.07) is 10.4. The van der Waals surface area contributed by atoms with Gasteiger partial charge in [-0.05, 0) is 17.9 Å². The van der Waals surface area contributed by atoms with E-state index in [1.54, 1.807) is 7.05 Å². The largest absolute Gasteiger partial charge is 0.379 e. The van der Waals surface area contributed by atoms with E-state index in [1.807, 2.05) is 23.1 Å². The zero-order valence-electron chi connectivity index (χ0n) is 18.5. The number of hydrogen-bond donors (Lipinski definition) is 2. The molecule has 0 radical (unpaired) electrons. The summed E-state index contributed by atoms with van der Waals surface area (Å²) >= 11 is 0. The number of hydrogen-bond acceptors (Lipinski definition) is 4. The lowest BCUT2D eigenvalue weighted by Gasteiger charge is -2.29. The first-order chi connectivity index (χ1) is 14.6. The van der Waals surface area contributed by atoms with Crippen molar-refractivity contribution in [1.82, 2.24) is 20.4 Å². The van der Waals surface area contributed by atoms with E-state index in [4.69, 9.17) is 4.74 Å². The molecule has 7 nitrogen and oxygen atoms in total. The molecule has 3 rings (SSSR count).